The highest BCUT2D eigenvalue weighted by Gasteiger charge is 2.22. The summed E-state index contributed by atoms with van der Waals surface area (Å²) in [5, 5.41) is 3.40. The summed E-state index contributed by atoms with van der Waals surface area (Å²) in [7, 11) is 1.13. The molecule has 106 valence electrons. The predicted molar refractivity (Wildman–Crippen MR) is 62.2 cm³/mol. The largest absolute Gasteiger partial charge is 0.491 e. The molecule has 0 aliphatic carbocycles. The standard InChI is InChI=1S/C12H10F2N2O4/c1-3-19-7-5-4-6(8(13)9(7)14)10-15-11(20-16-10)12(17)18-2/h4-5H,3H2,1-2H3. The molecule has 0 atom stereocenters. The second-order valence-electron chi connectivity index (χ2n) is 3.59. The lowest BCUT2D eigenvalue weighted by Gasteiger charge is -2.06. The zero-order valence-corrected chi connectivity index (χ0v) is 10.6. The first-order chi connectivity index (χ1) is 9.58. The average molecular weight is 284 g/mol. The summed E-state index contributed by atoms with van der Waals surface area (Å²) < 4.78 is 41.4. The monoisotopic (exact) mass is 284 g/mol. The van der Waals surface area contributed by atoms with Gasteiger partial charge in [-0.3, -0.25) is 0 Å². The lowest BCUT2D eigenvalue weighted by Crippen LogP contribution is -2.01. The van der Waals surface area contributed by atoms with Crippen LogP contribution in [0.4, 0.5) is 8.78 Å². The lowest BCUT2D eigenvalue weighted by atomic mass is 10.2. The maximum Gasteiger partial charge on any atom is 0.397 e. The highest BCUT2D eigenvalue weighted by Crippen LogP contribution is 2.28. The summed E-state index contributed by atoms with van der Waals surface area (Å²) in [6.45, 7) is 1.84. The van der Waals surface area contributed by atoms with Crippen LogP contribution in [-0.2, 0) is 4.74 Å². The van der Waals surface area contributed by atoms with E-state index in [1.54, 1.807) is 6.92 Å². The fourth-order valence-corrected chi connectivity index (χ4v) is 1.47. The van der Waals surface area contributed by atoms with Crippen molar-refractivity contribution < 1.29 is 27.6 Å². The molecule has 0 radical (unpaired) electrons. The molecule has 0 unspecified atom stereocenters. The molecule has 0 aliphatic rings. The Bertz CT molecular complexity index is 642. The van der Waals surface area contributed by atoms with Gasteiger partial charge in [-0.2, -0.15) is 9.37 Å². The molecule has 0 N–H and O–H groups in total. The van der Waals surface area contributed by atoms with Crippen molar-refractivity contribution in [1.29, 1.82) is 0 Å². The van der Waals surface area contributed by atoms with Gasteiger partial charge in [0.05, 0.1) is 19.3 Å². The van der Waals surface area contributed by atoms with Crippen LogP contribution < -0.4 is 4.74 Å². The Balaban J connectivity index is 2.40. The van der Waals surface area contributed by atoms with Crippen molar-refractivity contribution in [3.8, 4) is 17.1 Å². The summed E-state index contributed by atoms with van der Waals surface area (Å²) in [4.78, 5) is 14.8. The molecular weight excluding hydrogens is 274 g/mol. The molecule has 0 spiro atoms. The molecule has 2 rings (SSSR count). The van der Waals surface area contributed by atoms with Gasteiger partial charge in [0.25, 0.3) is 0 Å². The number of halogens is 2. The third-order valence-corrected chi connectivity index (χ3v) is 2.37. The number of ether oxygens (including phenoxy) is 2. The first-order valence-electron chi connectivity index (χ1n) is 5.61. The van der Waals surface area contributed by atoms with Gasteiger partial charge in [-0.1, -0.05) is 5.16 Å². The molecule has 0 aliphatic heterocycles. The van der Waals surface area contributed by atoms with Gasteiger partial charge in [0.2, 0.25) is 11.6 Å². The van der Waals surface area contributed by atoms with Crippen LogP contribution in [0.2, 0.25) is 0 Å². The van der Waals surface area contributed by atoms with Gasteiger partial charge >= 0.3 is 11.9 Å². The van der Waals surface area contributed by atoms with Crippen molar-refractivity contribution in [1.82, 2.24) is 10.1 Å². The first kappa shape index (κ1) is 13.9. The van der Waals surface area contributed by atoms with Gasteiger partial charge in [0.1, 0.15) is 0 Å². The number of rotatable bonds is 4. The molecule has 0 saturated carbocycles. The smallest absolute Gasteiger partial charge is 0.397 e. The Hall–Kier alpha value is -2.51. The maximum absolute atomic E-state index is 13.9. The molecule has 6 nitrogen and oxygen atoms in total. The number of nitrogens with zero attached hydrogens (tertiary/aromatic N) is 2. The Morgan fingerprint density at radius 3 is 2.75 bits per heavy atom. The Morgan fingerprint density at radius 2 is 2.10 bits per heavy atom. The van der Waals surface area contributed by atoms with Crippen LogP contribution in [0.25, 0.3) is 11.4 Å². The number of carbonyl (C=O) groups is 1. The number of aromatic nitrogens is 2. The van der Waals surface area contributed by atoms with Crippen molar-refractivity contribution in [3.63, 3.8) is 0 Å². The molecule has 8 heteroatoms. The van der Waals surface area contributed by atoms with Crippen LogP contribution in [0.15, 0.2) is 16.7 Å². The summed E-state index contributed by atoms with van der Waals surface area (Å²) in [6.07, 6.45) is 0. The zero-order valence-electron chi connectivity index (χ0n) is 10.6. The number of esters is 1. The number of benzene rings is 1. The van der Waals surface area contributed by atoms with Crippen LogP contribution in [0, 0.1) is 11.6 Å². The highest BCUT2D eigenvalue weighted by molar-refractivity contribution is 5.84. The molecule has 0 fully saturated rings. The van der Waals surface area contributed by atoms with E-state index in [1.807, 2.05) is 0 Å². The van der Waals surface area contributed by atoms with Crippen LogP contribution in [0.3, 0.4) is 0 Å². The quantitative estimate of drug-likeness (QED) is 0.801. The zero-order chi connectivity index (χ0) is 14.7. The predicted octanol–water partition coefficient (Wildman–Crippen LogP) is 2.20. The third-order valence-electron chi connectivity index (χ3n) is 2.37. The van der Waals surface area contributed by atoms with E-state index in [2.05, 4.69) is 19.4 Å². The Labute approximate surface area is 112 Å². The van der Waals surface area contributed by atoms with E-state index in [0.29, 0.717) is 0 Å². The van der Waals surface area contributed by atoms with Crippen LogP contribution in [0.5, 0.6) is 5.75 Å². The van der Waals surface area contributed by atoms with Crippen LogP contribution >= 0.6 is 0 Å². The minimum atomic E-state index is -1.19. The van der Waals surface area contributed by atoms with Crippen molar-refractivity contribution >= 4 is 5.97 Å². The van der Waals surface area contributed by atoms with Crippen LogP contribution in [0.1, 0.15) is 17.6 Å². The van der Waals surface area contributed by atoms with Gasteiger partial charge in [-0.15, -0.1) is 0 Å². The van der Waals surface area contributed by atoms with E-state index in [-0.39, 0.29) is 23.7 Å². The summed E-state index contributed by atoms with van der Waals surface area (Å²) >= 11 is 0. The minimum Gasteiger partial charge on any atom is -0.491 e. The van der Waals surface area contributed by atoms with Crippen LogP contribution in [-0.4, -0.2) is 29.8 Å². The van der Waals surface area contributed by atoms with E-state index < -0.39 is 23.5 Å². The van der Waals surface area contributed by atoms with Gasteiger partial charge < -0.3 is 14.0 Å². The fourth-order valence-electron chi connectivity index (χ4n) is 1.47. The number of hydrogen-bond acceptors (Lipinski definition) is 6. The fraction of sp³-hybridized carbons (Fsp3) is 0.250. The van der Waals surface area contributed by atoms with Gasteiger partial charge in [-0.25, -0.2) is 9.18 Å². The number of methoxy groups -OCH3 is 1. The lowest BCUT2D eigenvalue weighted by molar-refractivity contribution is 0.0545. The summed E-state index contributed by atoms with van der Waals surface area (Å²) in [5.41, 5.74) is -0.246. The molecular formula is C12H10F2N2O4. The first-order valence-corrected chi connectivity index (χ1v) is 5.61. The van der Waals surface area contributed by atoms with E-state index >= 15 is 0 Å². The molecule has 1 aromatic carbocycles. The Kier molecular flexibility index (Phi) is 3.92. The molecule has 2 aromatic rings. The normalized spacial score (nSPS) is 10.4. The van der Waals surface area contributed by atoms with E-state index in [9.17, 15) is 13.6 Å². The third kappa shape index (κ3) is 2.44. The van der Waals surface area contributed by atoms with Crippen molar-refractivity contribution in [2.24, 2.45) is 0 Å². The van der Waals surface area contributed by atoms with E-state index in [0.717, 1.165) is 7.11 Å². The van der Waals surface area contributed by atoms with Gasteiger partial charge in [-0.05, 0) is 19.1 Å². The van der Waals surface area contributed by atoms with Gasteiger partial charge in [0, 0.05) is 0 Å². The van der Waals surface area contributed by atoms with Gasteiger partial charge in [0.15, 0.2) is 11.6 Å². The highest BCUT2D eigenvalue weighted by atomic mass is 19.2. The second-order valence-corrected chi connectivity index (χ2v) is 3.59. The SMILES string of the molecule is CCOc1ccc(-c2noc(C(=O)OC)n2)c(F)c1F. The minimum absolute atomic E-state index is 0.199. The molecule has 0 saturated heterocycles. The van der Waals surface area contributed by atoms with Crippen molar-refractivity contribution in [2.75, 3.05) is 13.7 Å². The molecule has 0 amide bonds. The number of carbonyl (C=O) groups excluding carboxylic acids is 1. The second kappa shape index (κ2) is 5.64. The molecule has 0 bridgehead atoms. The van der Waals surface area contributed by atoms with Crippen molar-refractivity contribution in [3.05, 3.63) is 29.7 Å². The topological polar surface area (TPSA) is 74.5 Å². The van der Waals surface area contributed by atoms with E-state index in [4.69, 9.17) is 4.74 Å². The molecule has 1 heterocycles. The maximum atomic E-state index is 13.9. The summed E-state index contributed by atoms with van der Waals surface area (Å²) in [5.74, 6) is -4.14. The Morgan fingerprint density at radius 1 is 1.35 bits per heavy atom. The molecule has 20 heavy (non-hydrogen) atoms. The van der Waals surface area contributed by atoms with E-state index in [1.165, 1.54) is 12.1 Å². The van der Waals surface area contributed by atoms with Crippen molar-refractivity contribution in [2.45, 2.75) is 6.92 Å². The average Bonchev–Trinajstić information content (AvgIpc) is 2.93. The summed E-state index contributed by atoms with van der Waals surface area (Å²) in [6, 6.07) is 2.47. The molecule has 1 aromatic heterocycles. The number of hydrogen-bond donors (Lipinski definition) is 0.